The van der Waals surface area contributed by atoms with Crippen LogP contribution in [0.3, 0.4) is 0 Å². The molecule has 19 nitrogen and oxygen atoms in total. The number of benzene rings is 2. The number of hydrogen-bond acceptors (Lipinski definition) is 14. The number of nitrogens with zero attached hydrogens (tertiary/aromatic N) is 4. The molecule has 1 aliphatic heterocycles. The number of carbonyl (C=O) groups is 6. The molecular formula is C47H66N4O15. The van der Waals surface area contributed by atoms with Crippen LogP contribution in [-0.2, 0) is 51.2 Å². The third-order valence-electron chi connectivity index (χ3n) is 9.57. The Kier molecular flexibility index (Phi) is 21.2. The van der Waals surface area contributed by atoms with E-state index in [-0.39, 0.29) is 45.6 Å². The van der Waals surface area contributed by atoms with Crippen LogP contribution in [-0.4, -0.2) is 150 Å². The fraction of sp³-hybridized carbons (Fsp3) is 0.489. The quantitative estimate of drug-likeness (QED) is 0.0703. The molecule has 0 fully saturated rings. The number of carbonyl (C=O) groups excluding carboxylic acids is 4. The molecule has 0 aromatic heterocycles. The Bertz CT molecular complexity index is 2030. The lowest BCUT2D eigenvalue weighted by Gasteiger charge is -2.49. The Balaban J connectivity index is 0.000000850. The van der Waals surface area contributed by atoms with Crippen molar-refractivity contribution in [2.45, 2.75) is 96.6 Å². The first-order valence-electron chi connectivity index (χ1n) is 20.8. The summed E-state index contributed by atoms with van der Waals surface area (Å²) in [4.78, 5) is 82.9. The Hall–Kier alpha value is -6.60. The molecule has 2 N–H and O–H groups in total. The predicted octanol–water partition coefficient (Wildman–Crippen LogP) is 6.11. The Labute approximate surface area is 387 Å². The highest BCUT2D eigenvalue weighted by atomic mass is 16.6. The smallest absolute Gasteiger partial charge is 0.414 e. The minimum Gasteiger partial charge on any atom is -0.497 e. The summed E-state index contributed by atoms with van der Waals surface area (Å²) in [6.07, 6.45) is 4.36. The number of hydrogen-bond donors (Lipinski definition) is 2. The summed E-state index contributed by atoms with van der Waals surface area (Å²) in [5.41, 5.74) is -0.587. The van der Waals surface area contributed by atoms with Gasteiger partial charge in [0.2, 0.25) is 5.91 Å². The molecule has 0 spiro atoms. The zero-order valence-corrected chi connectivity index (χ0v) is 39.9. The fourth-order valence-corrected chi connectivity index (χ4v) is 6.68. The zero-order chi connectivity index (χ0) is 50.0. The molecule has 0 bridgehead atoms. The molecule has 3 amide bonds. The van der Waals surface area contributed by atoms with Crippen LogP contribution in [0.25, 0.3) is 0 Å². The van der Waals surface area contributed by atoms with Crippen LogP contribution in [0, 0.1) is 0 Å². The summed E-state index contributed by atoms with van der Waals surface area (Å²) in [6.45, 7) is 16.7. The van der Waals surface area contributed by atoms with Gasteiger partial charge in [-0.2, -0.15) is 0 Å². The predicted molar refractivity (Wildman–Crippen MR) is 243 cm³/mol. The maximum absolute atomic E-state index is 15.0. The van der Waals surface area contributed by atoms with Gasteiger partial charge in [0.15, 0.2) is 0 Å². The van der Waals surface area contributed by atoms with Crippen LogP contribution < -0.4 is 14.2 Å². The fourth-order valence-electron chi connectivity index (χ4n) is 6.68. The van der Waals surface area contributed by atoms with Crippen LogP contribution >= 0.6 is 0 Å². The highest BCUT2D eigenvalue weighted by Crippen LogP contribution is 2.34. The second-order valence-electron chi connectivity index (χ2n) is 16.7. The number of carboxylic acid groups (broad SMARTS) is 2. The van der Waals surface area contributed by atoms with Crippen molar-refractivity contribution in [3.63, 3.8) is 0 Å². The van der Waals surface area contributed by atoms with Gasteiger partial charge in [0.25, 0.3) is 0 Å². The van der Waals surface area contributed by atoms with Gasteiger partial charge in [0.1, 0.15) is 47.1 Å². The lowest BCUT2D eigenvalue weighted by molar-refractivity contribution is -0.244. The topological polar surface area (TPSA) is 220 Å². The maximum Gasteiger partial charge on any atom is 0.414 e. The molecule has 0 saturated carbocycles. The van der Waals surface area contributed by atoms with Gasteiger partial charge in [-0.1, -0.05) is 36.4 Å². The molecule has 3 rings (SSSR count). The first-order valence-corrected chi connectivity index (χ1v) is 20.8. The normalized spacial score (nSPS) is 16.4. The van der Waals surface area contributed by atoms with Gasteiger partial charge in [-0.3, -0.25) is 14.5 Å². The van der Waals surface area contributed by atoms with Gasteiger partial charge in [-0.25, -0.2) is 29.0 Å². The lowest BCUT2D eigenvalue weighted by atomic mass is 10.00. The van der Waals surface area contributed by atoms with Gasteiger partial charge < -0.3 is 48.3 Å². The summed E-state index contributed by atoms with van der Waals surface area (Å²) in [7, 11) is 6.82. The van der Waals surface area contributed by atoms with Crippen LogP contribution in [0.15, 0.2) is 79.9 Å². The summed E-state index contributed by atoms with van der Waals surface area (Å²) >= 11 is 0. The molecule has 1 aliphatic rings. The second-order valence-corrected chi connectivity index (χ2v) is 16.7. The molecule has 364 valence electrons. The minimum atomic E-state index is -2.63. The van der Waals surface area contributed by atoms with Crippen molar-refractivity contribution < 1.29 is 72.1 Å². The minimum absolute atomic E-state index is 0.0657. The summed E-state index contributed by atoms with van der Waals surface area (Å²) in [5.74, 6) is -5.33. The van der Waals surface area contributed by atoms with E-state index in [2.05, 4.69) is 13.2 Å². The number of rotatable bonds is 19. The zero-order valence-electron chi connectivity index (χ0n) is 39.9. The van der Waals surface area contributed by atoms with Crippen molar-refractivity contribution in [3.8, 4) is 17.2 Å². The van der Waals surface area contributed by atoms with E-state index < -0.39 is 65.1 Å². The van der Waals surface area contributed by atoms with Gasteiger partial charge >= 0.3 is 35.9 Å². The number of esters is 1. The van der Waals surface area contributed by atoms with E-state index in [4.69, 9.17) is 38.3 Å². The number of carboxylic acids is 2. The monoisotopic (exact) mass is 926 g/mol. The largest absolute Gasteiger partial charge is 0.497 e. The Morgan fingerprint density at radius 3 is 1.82 bits per heavy atom. The summed E-state index contributed by atoms with van der Waals surface area (Å²) < 4.78 is 38.0. The van der Waals surface area contributed by atoms with E-state index in [0.717, 1.165) is 16.9 Å². The second kappa shape index (κ2) is 25.2. The van der Waals surface area contributed by atoms with Gasteiger partial charge in [-0.05, 0) is 84.2 Å². The van der Waals surface area contributed by atoms with Gasteiger partial charge in [-0.15, -0.1) is 13.2 Å². The van der Waals surface area contributed by atoms with Crippen LogP contribution in [0.4, 0.5) is 9.59 Å². The number of aliphatic carboxylic acids is 2. The summed E-state index contributed by atoms with van der Waals surface area (Å²) in [5, 5.41) is 19.7. The molecule has 0 aliphatic carbocycles. The Morgan fingerprint density at radius 1 is 0.773 bits per heavy atom. The molecule has 0 saturated heterocycles. The molecule has 66 heavy (non-hydrogen) atoms. The molecular weight excluding hydrogens is 861 g/mol. The van der Waals surface area contributed by atoms with Gasteiger partial charge in [0, 0.05) is 38.4 Å². The molecule has 1 heterocycles. The third kappa shape index (κ3) is 15.5. The van der Waals surface area contributed by atoms with E-state index in [1.165, 1.54) is 50.4 Å². The van der Waals surface area contributed by atoms with Crippen molar-refractivity contribution in [2.75, 3.05) is 55.2 Å². The first kappa shape index (κ1) is 55.5. The van der Waals surface area contributed by atoms with E-state index in [9.17, 15) is 29.1 Å². The summed E-state index contributed by atoms with van der Waals surface area (Å²) in [6, 6.07) is 9.18. The highest BCUT2D eigenvalue weighted by Gasteiger charge is 2.58. The van der Waals surface area contributed by atoms with E-state index in [1.807, 2.05) is 0 Å². The van der Waals surface area contributed by atoms with E-state index in [1.54, 1.807) is 96.2 Å². The maximum atomic E-state index is 15.0. The van der Waals surface area contributed by atoms with Crippen LogP contribution in [0.5, 0.6) is 17.2 Å². The standard InChI is InChI=1S/C37H49N3O11.C10H17NO4/c1-10-21-38(23-25-15-18-27(46-5)19-16-25)37(50-9,34(43)44)40(35(45)51-36(2,3)4)29-13-11-12-14-30(33(42)49-8)39(32(29)41)24-26-17-20-28(47-6)22-31(26)48-7;1-5-6-11(7-8(12)13)9(14)15-10(2,3)4/h10-12,15-20,22,29-30H,1,13-14,21,23-24H2,2-9H3,(H,43,44);5H,1,6-7H2,2-4H3,(H,12,13)/b12-11-;/t29-,30-,37?;/m0./s1. The molecule has 19 heteroatoms. The van der Waals surface area contributed by atoms with Crippen molar-refractivity contribution in [3.05, 3.63) is 91.1 Å². The molecule has 2 aromatic rings. The van der Waals surface area contributed by atoms with Crippen molar-refractivity contribution in [2.24, 2.45) is 0 Å². The van der Waals surface area contributed by atoms with E-state index in [0.29, 0.717) is 28.4 Å². The number of methoxy groups -OCH3 is 5. The number of ether oxygens (including phenoxy) is 7. The average molecular weight is 927 g/mol. The van der Waals surface area contributed by atoms with Crippen molar-refractivity contribution in [1.82, 2.24) is 19.6 Å². The first-order chi connectivity index (χ1) is 31.0. The van der Waals surface area contributed by atoms with Crippen molar-refractivity contribution in [1.29, 1.82) is 0 Å². The van der Waals surface area contributed by atoms with Crippen LogP contribution in [0.2, 0.25) is 0 Å². The van der Waals surface area contributed by atoms with E-state index >= 15 is 4.79 Å². The molecule has 2 aromatic carbocycles. The molecule has 0 radical (unpaired) electrons. The highest BCUT2D eigenvalue weighted by molar-refractivity contribution is 5.93. The average Bonchev–Trinajstić information content (AvgIpc) is 3.24. The Morgan fingerprint density at radius 2 is 1.33 bits per heavy atom. The SMILES string of the molecule is C=CCN(CC(=O)O)C(=O)OC(C)(C)C.C=CCN(Cc1ccc(OC)cc1)C(OC)(C(=O)O)N(C(=O)OC(C)(C)C)[C@H]1C/C=C\C[C@@H](C(=O)OC)N(Cc2ccc(OC)cc2OC)C1=O. The number of amides is 3. The lowest BCUT2D eigenvalue weighted by Crippen LogP contribution is -2.72. The van der Waals surface area contributed by atoms with Crippen molar-refractivity contribution >= 4 is 36.0 Å². The van der Waals surface area contributed by atoms with Gasteiger partial charge in [0.05, 0.1) is 35.0 Å². The molecule has 3 atom stereocenters. The molecule has 1 unspecified atom stereocenters. The van der Waals surface area contributed by atoms with Crippen LogP contribution in [0.1, 0.15) is 65.5 Å². The third-order valence-corrected chi connectivity index (χ3v) is 9.57.